The molecule has 0 aliphatic heterocycles. The summed E-state index contributed by atoms with van der Waals surface area (Å²) in [4.78, 5) is 12.8. The highest BCUT2D eigenvalue weighted by atomic mass is 32.2. The molecular formula is C15H12F4N2O4S. The molecule has 0 atom stereocenters. The molecule has 0 heterocycles. The summed E-state index contributed by atoms with van der Waals surface area (Å²) >= 11 is 0. The molecule has 0 aromatic heterocycles. The monoisotopic (exact) mass is 392 g/mol. The van der Waals surface area contributed by atoms with Gasteiger partial charge in [-0.25, -0.2) is 12.8 Å². The average Bonchev–Trinajstić information content (AvgIpc) is 2.59. The van der Waals surface area contributed by atoms with Crippen LogP contribution in [0, 0.1) is 5.82 Å². The van der Waals surface area contributed by atoms with Gasteiger partial charge < -0.3 is 4.74 Å². The fraction of sp³-hybridized carbons (Fsp3) is 0.133. The van der Waals surface area contributed by atoms with Crippen molar-refractivity contribution in [1.82, 2.24) is 10.3 Å². The van der Waals surface area contributed by atoms with Crippen molar-refractivity contribution in [2.45, 2.75) is 11.1 Å². The number of ether oxygens (including phenoxy) is 1. The Morgan fingerprint density at radius 2 is 1.58 bits per heavy atom. The lowest BCUT2D eigenvalue weighted by Crippen LogP contribution is -2.43. The quantitative estimate of drug-likeness (QED) is 0.583. The predicted molar refractivity (Wildman–Crippen MR) is 81.8 cm³/mol. The largest absolute Gasteiger partial charge is 0.484 e. The number of amides is 1. The summed E-state index contributed by atoms with van der Waals surface area (Å²) in [5, 5.41) is 0. The molecule has 0 saturated carbocycles. The predicted octanol–water partition coefficient (Wildman–Crippen LogP) is 2.23. The van der Waals surface area contributed by atoms with Gasteiger partial charge in [-0.15, -0.1) is 4.83 Å². The summed E-state index contributed by atoms with van der Waals surface area (Å²) in [6.45, 7) is -0.568. The minimum atomic E-state index is -4.60. The zero-order valence-electron chi connectivity index (χ0n) is 12.9. The first kappa shape index (κ1) is 19.7. The lowest BCUT2D eigenvalue weighted by molar-refractivity contribution is -0.137. The summed E-state index contributed by atoms with van der Waals surface area (Å²) < 4.78 is 78.9. The van der Waals surface area contributed by atoms with Gasteiger partial charge in [-0.2, -0.15) is 13.2 Å². The molecule has 0 unspecified atom stereocenters. The standard InChI is InChI=1S/C15H12F4N2O4S/c16-11-3-5-12(6-4-11)25-9-14(22)20-21-26(23,24)13-7-1-10(2-8-13)15(17,18)19/h1-8,21H,9H2,(H,20,22). The first-order valence-electron chi connectivity index (χ1n) is 6.94. The first-order valence-corrected chi connectivity index (χ1v) is 8.42. The number of hydrogen-bond acceptors (Lipinski definition) is 4. The number of alkyl halides is 3. The maximum absolute atomic E-state index is 12.7. The third-order valence-electron chi connectivity index (χ3n) is 3.00. The molecule has 1 amide bonds. The Balaban J connectivity index is 1.90. The minimum absolute atomic E-state index is 0.187. The van der Waals surface area contributed by atoms with Crippen LogP contribution >= 0.6 is 0 Å². The first-order chi connectivity index (χ1) is 12.1. The van der Waals surface area contributed by atoms with Crippen molar-refractivity contribution < 1.29 is 35.5 Å². The second-order valence-corrected chi connectivity index (χ2v) is 6.60. The highest BCUT2D eigenvalue weighted by Gasteiger charge is 2.30. The van der Waals surface area contributed by atoms with Crippen LogP contribution in [-0.2, 0) is 21.0 Å². The molecule has 140 valence electrons. The number of nitrogens with one attached hydrogen (secondary N) is 2. The van der Waals surface area contributed by atoms with Gasteiger partial charge in [-0.05, 0) is 48.5 Å². The van der Waals surface area contributed by atoms with Gasteiger partial charge in [-0.3, -0.25) is 10.2 Å². The number of carbonyl (C=O) groups excluding carboxylic acids is 1. The highest BCUT2D eigenvalue weighted by molar-refractivity contribution is 7.89. The number of carbonyl (C=O) groups is 1. The molecule has 0 saturated heterocycles. The van der Waals surface area contributed by atoms with E-state index in [-0.39, 0.29) is 5.75 Å². The van der Waals surface area contributed by atoms with Gasteiger partial charge in [0, 0.05) is 0 Å². The van der Waals surface area contributed by atoms with E-state index >= 15 is 0 Å². The Labute approximate surface area is 145 Å². The van der Waals surface area contributed by atoms with Gasteiger partial charge >= 0.3 is 6.18 Å². The van der Waals surface area contributed by atoms with Crippen LogP contribution < -0.4 is 15.0 Å². The lowest BCUT2D eigenvalue weighted by Gasteiger charge is -2.11. The summed E-state index contributed by atoms with van der Waals surface area (Å²) in [5.41, 5.74) is 0.843. The van der Waals surface area contributed by atoms with Gasteiger partial charge in [-0.1, -0.05) is 0 Å². The molecular weight excluding hydrogens is 380 g/mol. The molecule has 0 aliphatic carbocycles. The van der Waals surface area contributed by atoms with E-state index in [0.717, 1.165) is 24.3 Å². The molecule has 0 radical (unpaired) electrons. The normalized spacial score (nSPS) is 11.8. The summed E-state index contributed by atoms with van der Waals surface area (Å²) in [5.74, 6) is -1.18. The van der Waals surface area contributed by atoms with E-state index in [2.05, 4.69) is 0 Å². The molecule has 0 spiro atoms. The topological polar surface area (TPSA) is 84.5 Å². The van der Waals surface area contributed by atoms with Crippen molar-refractivity contribution in [2.75, 3.05) is 6.61 Å². The van der Waals surface area contributed by atoms with Crippen LogP contribution in [0.1, 0.15) is 5.56 Å². The Kier molecular flexibility index (Phi) is 5.83. The molecule has 0 aliphatic rings. The van der Waals surface area contributed by atoms with E-state index in [1.54, 1.807) is 4.83 Å². The zero-order chi connectivity index (χ0) is 19.4. The van der Waals surface area contributed by atoms with Crippen molar-refractivity contribution in [2.24, 2.45) is 0 Å². The Morgan fingerprint density at radius 3 is 2.12 bits per heavy atom. The highest BCUT2D eigenvalue weighted by Crippen LogP contribution is 2.29. The summed E-state index contributed by atoms with van der Waals surface area (Å²) in [7, 11) is -4.26. The number of hydrogen-bond donors (Lipinski definition) is 2. The molecule has 2 aromatic rings. The van der Waals surface area contributed by atoms with Crippen LogP contribution in [0.15, 0.2) is 53.4 Å². The Morgan fingerprint density at radius 1 is 1.00 bits per heavy atom. The molecule has 11 heteroatoms. The molecule has 2 aromatic carbocycles. The molecule has 26 heavy (non-hydrogen) atoms. The summed E-state index contributed by atoms with van der Waals surface area (Å²) in [6.07, 6.45) is -4.60. The van der Waals surface area contributed by atoms with Crippen LogP contribution in [0.4, 0.5) is 17.6 Å². The molecule has 2 N–H and O–H groups in total. The van der Waals surface area contributed by atoms with E-state index in [9.17, 15) is 30.8 Å². The fourth-order valence-corrected chi connectivity index (χ4v) is 2.58. The number of halogens is 4. The van der Waals surface area contributed by atoms with E-state index in [1.807, 2.05) is 5.43 Å². The third-order valence-corrected chi connectivity index (χ3v) is 4.26. The molecule has 6 nitrogen and oxygen atoms in total. The van der Waals surface area contributed by atoms with E-state index in [4.69, 9.17) is 4.74 Å². The minimum Gasteiger partial charge on any atom is -0.484 e. The number of rotatable bonds is 6. The third kappa shape index (κ3) is 5.43. The van der Waals surface area contributed by atoms with Crippen molar-refractivity contribution >= 4 is 15.9 Å². The Hall–Kier alpha value is -2.66. The van der Waals surface area contributed by atoms with Crippen LogP contribution in [0.5, 0.6) is 5.75 Å². The second-order valence-electron chi connectivity index (χ2n) is 4.92. The number of benzene rings is 2. The van der Waals surface area contributed by atoms with Crippen LogP contribution in [0.2, 0.25) is 0 Å². The van der Waals surface area contributed by atoms with E-state index < -0.39 is 45.0 Å². The molecule has 0 bridgehead atoms. The van der Waals surface area contributed by atoms with Crippen molar-refractivity contribution in [1.29, 1.82) is 0 Å². The fourth-order valence-electron chi connectivity index (χ4n) is 1.72. The summed E-state index contributed by atoms with van der Waals surface area (Å²) in [6, 6.07) is 7.49. The van der Waals surface area contributed by atoms with Gasteiger partial charge in [0.2, 0.25) is 0 Å². The van der Waals surface area contributed by atoms with Crippen molar-refractivity contribution in [3.8, 4) is 5.75 Å². The SMILES string of the molecule is O=C(COc1ccc(F)cc1)NNS(=O)(=O)c1ccc(C(F)(F)F)cc1. The van der Waals surface area contributed by atoms with Gasteiger partial charge in [0.15, 0.2) is 6.61 Å². The molecule has 0 fully saturated rings. The smallest absolute Gasteiger partial charge is 0.416 e. The van der Waals surface area contributed by atoms with Crippen LogP contribution in [0.25, 0.3) is 0 Å². The average molecular weight is 392 g/mol. The Bertz CT molecular complexity index is 866. The number of sulfonamides is 1. The van der Waals surface area contributed by atoms with E-state index in [1.165, 1.54) is 12.1 Å². The van der Waals surface area contributed by atoms with Crippen LogP contribution in [0.3, 0.4) is 0 Å². The zero-order valence-corrected chi connectivity index (χ0v) is 13.7. The maximum atomic E-state index is 12.7. The van der Waals surface area contributed by atoms with Crippen molar-refractivity contribution in [3.05, 3.63) is 59.9 Å². The van der Waals surface area contributed by atoms with Crippen LogP contribution in [-0.4, -0.2) is 20.9 Å². The second kappa shape index (κ2) is 7.70. The van der Waals surface area contributed by atoms with E-state index in [0.29, 0.717) is 12.1 Å². The lowest BCUT2D eigenvalue weighted by atomic mass is 10.2. The molecule has 2 rings (SSSR count). The van der Waals surface area contributed by atoms with Crippen molar-refractivity contribution in [3.63, 3.8) is 0 Å². The maximum Gasteiger partial charge on any atom is 0.416 e. The van der Waals surface area contributed by atoms with Gasteiger partial charge in [0.05, 0.1) is 10.5 Å². The van der Waals surface area contributed by atoms with Gasteiger partial charge in [0.1, 0.15) is 11.6 Å². The van der Waals surface area contributed by atoms with Gasteiger partial charge in [0.25, 0.3) is 15.9 Å². The number of hydrazine groups is 1.